The van der Waals surface area contributed by atoms with E-state index in [1.165, 1.54) is 4.31 Å². The molecule has 1 aromatic carbocycles. The van der Waals surface area contributed by atoms with Crippen LogP contribution < -0.4 is 9.21 Å². The number of pyridine rings is 1. The third-order valence-corrected chi connectivity index (χ3v) is 8.75. The van der Waals surface area contributed by atoms with Gasteiger partial charge in [0.15, 0.2) is 0 Å². The third-order valence-electron chi connectivity index (χ3n) is 6.72. The average Bonchev–Trinajstić information content (AvgIpc) is 3.14. The summed E-state index contributed by atoms with van der Waals surface area (Å²) in [6.07, 6.45) is 1.75. The lowest BCUT2D eigenvalue weighted by Gasteiger charge is -2.36. The molecule has 1 aliphatic heterocycles. The molecule has 1 aliphatic rings. The zero-order valence-corrected chi connectivity index (χ0v) is 22.4. The topological polar surface area (TPSA) is 91.6 Å². The zero-order valence-electron chi connectivity index (χ0n) is 21.5. The molecule has 1 fully saturated rings. The first kappa shape index (κ1) is 25.7. The van der Waals surface area contributed by atoms with Crippen molar-refractivity contribution in [1.82, 2.24) is 19.7 Å². The van der Waals surface area contributed by atoms with Crippen molar-refractivity contribution in [3.63, 3.8) is 0 Å². The maximum Gasteiger partial charge on any atom is 0.268 e. The first-order valence-electron chi connectivity index (χ1n) is 12.2. The number of carbonyl (C=O) groups is 1. The molecular formula is C26H34N6O3S. The molecule has 10 heteroatoms. The fourth-order valence-corrected chi connectivity index (χ4v) is 6.35. The first-order chi connectivity index (χ1) is 17.1. The second-order valence-corrected chi connectivity index (χ2v) is 11.2. The van der Waals surface area contributed by atoms with Gasteiger partial charge in [-0.05, 0) is 49.6 Å². The Kier molecular flexibility index (Phi) is 7.35. The monoisotopic (exact) mass is 510 g/mol. The van der Waals surface area contributed by atoms with Crippen LogP contribution in [0.3, 0.4) is 0 Å². The minimum atomic E-state index is -4.03. The average molecular weight is 511 g/mol. The Bertz CT molecular complexity index is 1310. The number of rotatable bonds is 7. The summed E-state index contributed by atoms with van der Waals surface area (Å²) in [5.74, 6) is 0.955. The number of hydrogen-bond donors (Lipinski definition) is 0. The van der Waals surface area contributed by atoms with Crippen LogP contribution in [0.2, 0.25) is 0 Å². The highest BCUT2D eigenvalue weighted by Gasteiger charge is 2.34. The Morgan fingerprint density at radius 1 is 1.03 bits per heavy atom. The molecule has 0 spiro atoms. The lowest BCUT2D eigenvalue weighted by molar-refractivity contribution is -0.129. The van der Waals surface area contributed by atoms with E-state index in [0.29, 0.717) is 49.2 Å². The van der Waals surface area contributed by atoms with E-state index in [1.807, 2.05) is 30.3 Å². The maximum absolute atomic E-state index is 13.9. The summed E-state index contributed by atoms with van der Waals surface area (Å²) in [6, 6.07) is 13.2. The van der Waals surface area contributed by atoms with Crippen molar-refractivity contribution >= 4 is 27.4 Å². The van der Waals surface area contributed by atoms with Gasteiger partial charge in [-0.15, -0.1) is 0 Å². The van der Waals surface area contributed by atoms with Crippen molar-refractivity contribution in [1.29, 1.82) is 0 Å². The van der Waals surface area contributed by atoms with Gasteiger partial charge in [0.1, 0.15) is 17.3 Å². The molecule has 0 atom stereocenters. The molecule has 36 heavy (non-hydrogen) atoms. The number of carbonyl (C=O) groups excluding carboxylic acids is 1. The van der Waals surface area contributed by atoms with Crippen LogP contribution in [-0.4, -0.2) is 66.7 Å². The molecule has 0 radical (unpaired) electrons. The van der Waals surface area contributed by atoms with Gasteiger partial charge in [-0.3, -0.25) is 13.8 Å². The Labute approximate surface area is 213 Å². The van der Waals surface area contributed by atoms with Gasteiger partial charge in [0.05, 0.1) is 17.1 Å². The number of sulfonamides is 1. The van der Waals surface area contributed by atoms with Crippen LogP contribution in [0.25, 0.3) is 0 Å². The van der Waals surface area contributed by atoms with Gasteiger partial charge < -0.3 is 9.80 Å². The molecule has 0 bridgehead atoms. The summed E-state index contributed by atoms with van der Waals surface area (Å²) in [6.45, 7) is 9.57. The number of aromatic nitrogens is 3. The number of aryl methyl sites for hydroxylation is 2. The number of piperazine rings is 1. The normalized spacial score (nSPS) is 14.4. The van der Waals surface area contributed by atoms with Crippen LogP contribution in [0.5, 0.6) is 0 Å². The molecule has 1 amide bonds. The highest BCUT2D eigenvalue weighted by Crippen LogP contribution is 2.29. The molecule has 9 nitrogen and oxygen atoms in total. The van der Waals surface area contributed by atoms with E-state index in [1.54, 1.807) is 48.8 Å². The van der Waals surface area contributed by atoms with E-state index >= 15 is 0 Å². The highest BCUT2D eigenvalue weighted by atomic mass is 32.2. The van der Waals surface area contributed by atoms with Crippen molar-refractivity contribution in [2.75, 3.05) is 41.9 Å². The van der Waals surface area contributed by atoms with Gasteiger partial charge >= 0.3 is 0 Å². The van der Waals surface area contributed by atoms with E-state index in [2.05, 4.69) is 28.8 Å². The molecule has 2 aromatic heterocycles. The Morgan fingerprint density at radius 3 is 2.22 bits per heavy atom. The molecule has 0 aliphatic carbocycles. The summed E-state index contributed by atoms with van der Waals surface area (Å²) in [5.41, 5.74) is 2.51. The minimum Gasteiger partial charge on any atom is -0.353 e. The molecular weight excluding hydrogens is 476 g/mol. The van der Waals surface area contributed by atoms with Crippen LogP contribution >= 0.6 is 0 Å². The van der Waals surface area contributed by atoms with E-state index in [0.717, 1.165) is 11.4 Å². The lowest BCUT2D eigenvalue weighted by Crippen LogP contribution is -2.52. The van der Waals surface area contributed by atoms with Crippen LogP contribution in [0.15, 0.2) is 53.6 Å². The number of anilines is 2. The van der Waals surface area contributed by atoms with Crippen molar-refractivity contribution in [3.8, 4) is 0 Å². The molecule has 0 N–H and O–H groups in total. The van der Waals surface area contributed by atoms with Gasteiger partial charge in [-0.25, -0.2) is 13.4 Å². The quantitative estimate of drug-likeness (QED) is 0.485. The van der Waals surface area contributed by atoms with Crippen molar-refractivity contribution in [2.45, 2.75) is 38.5 Å². The molecule has 1 saturated heterocycles. The Hall–Kier alpha value is -3.40. The molecule has 3 heterocycles. The molecule has 0 saturated carbocycles. The van der Waals surface area contributed by atoms with Crippen molar-refractivity contribution in [2.24, 2.45) is 7.05 Å². The largest absolute Gasteiger partial charge is 0.353 e. The second kappa shape index (κ2) is 10.3. The zero-order chi connectivity index (χ0) is 26.0. The maximum atomic E-state index is 13.9. The van der Waals surface area contributed by atoms with Gasteiger partial charge in [-0.1, -0.05) is 32.0 Å². The summed E-state index contributed by atoms with van der Waals surface area (Å²) >= 11 is 0. The highest BCUT2D eigenvalue weighted by molar-refractivity contribution is 7.93. The second-order valence-electron chi connectivity index (χ2n) is 9.44. The van der Waals surface area contributed by atoms with Gasteiger partial charge in [0.2, 0.25) is 5.91 Å². The fourth-order valence-electron chi connectivity index (χ4n) is 4.53. The molecule has 192 valence electrons. The smallest absolute Gasteiger partial charge is 0.268 e. The van der Waals surface area contributed by atoms with Gasteiger partial charge in [0, 0.05) is 39.4 Å². The lowest BCUT2D eigenvalue weighted by atomic mass is 10.0. The van der Waals surface area contributed by atoms with E-state index < -0.39 is 10.0 Å². The van der Waals surface area contributed by atoms with Crippen LogP contribution in [0.1, 0.15) is 36.7 Å². The van der Waals surface area contributed by atoms with E-state index in [-0.39, 0.29) is 17.3 Å². The Morgan fingerprint density at radius 2 is 1.69 bits per heavy atom. The summed E-state index contributed by atoms with van der Waals surface area (Å²) in [5, 5.41) is 4.30. The van der Waals surface area contributed by atoms with Crippen molar-refractivity contribution < 1.29 is 13.2 Å². The molecule has 3 aromatic rings. The van der Waals surface area contributed by atoms with Crippen LogP contribution in [-0.2, 0) is 21.9 Å². The van der Waals surface area contributed by atoms with Crippen LogP contribution in [0.4, 0.5) is 11.5 Å². The van der Waals surface area contributed by atoms with Crippen LogP contribution in [0, 0.1) is 13.8 Å². The predicted molar refractivity (Wildman–Crippen MR) is 141 cm³/mol. The predicted octanol–water partition coefficient (Wildman–Crippen LogP) is 3.10. The molecule has 0 unspecified atom stereocenters. The fraction of sp³-hybridized carbons (Fsp3) is 0.423. The SMILES string of the molecule is Cc1nn(C)c(C)c1S(=O)(=O)N(CC(=O)N1CCN(c2ccccn2)CC1)c1ccc(C(C)C)cc1. The number of hydrogen-bond acceptors (Lipinski definition) is 6. The third kappa shape index (κ3) is 5.09. The minimum absolute atomic E-state index is 0.144. The van der Waals surface area contributed by atoms with E-state index in [9.17, 15) is 13.2 Å². The van der Waals surface area contributed by atoms with E-state index in [4.69, 9.17) is 0 Å². The number of nitrogens with zero attached hydrogens (tertiary/aromatic N) is 6. The van der Waals surface area contributed by atoms with Gasteiger partial charge in [-0.2, -0.15) is 5.10 Å². The number of benzene rings is 1. The Balaban J connectivity index is 1.60. The van der Waals surface area contributed by atoms with Gasteiger partial charge in [0.25, 0.3) is 10.0 Å². The summed E-state index contributed by atoms with van der Waals surface area (Å²) < 4.78 is 30.7. The summed E-state index contributed by atoms with van der Waals surface area (Å²) in [7, 11) is -2.32. The summed E-state index contributed by atoms with van der Waals surface area (Å²) in [4.78, 5) is 21.8. The molecule has 4 rings (SSSR count). The first-order valence-corrected chi connectivity index (χ1v) is 13.6. The standard InChI is InChI=1S/C26H34N6O3S/c1-19(2)22-9-11-23(12-10-22)32(36(34,35)26-20(3)28-29(5)21(26)4)18-25(33)31-16-14-30(15-17-31)24-8-6-7-13-27-24/h6-13,19H,14-18H2,1-5H3. The van der Waals surface area contributed by atoms with Crippen molar-refractivity contribution in [3.05, 3.63) is 65.6 Å². The number of amides is 1.